The summed E-state index contributed by atoms with van der Waals surface area (Å²) in [7, 11) is 1.22. The number of carbonyl (C=O) groups is 2. The Morgan fingerprint density at radius 2 is 2.05 bits per heavy atom. The van der Waals surface area contributed by atoms with E-state index in [1.165, 1.54) is 32.2 Å². The molecule has 0 radical (unpaired) electrons. The summed E-state index contributed by atoms with van der Waals surface area (Å²) in [5, 5.41) is 22.6. The van der Waals surface area contributed by atoms with Gasteiger partial charge in [0.05, 0.1) is 18.8 Å². The fraction of sp³-hybridized carbons (Fsp3) is 0.429. The molecular formula is C14H20N2O5. The van der Waals surface area contributed by atoms with Crippen molar-refractivity contribution < 1.29 is 24.5 Å². The van der Waals surface area contributed by atoms with Gasteiger partial charge in [-0.05, 0) is 24.1 Å². The fourth-order valence-corrected chi connectivity index (χ4v) is 1.88. The summed E-state index contributed by atoms with van der Waals surface area (Å²) >= 11 is 0. The molecule has 0 fully saturated rings. The van der Waals surface area contributed by atoms with Crippen LogP contribution in [0.2, 0.25) is 0 Å². The summed E-state index contributed by atoms with van der Waals surface area (Å²) in [5.41, 5.74) is 6.29. The zero-order valence-corrected chi connectivity index (χ0v) is 12.0. The highest BCUT2D eigenvalue weighted by Gasteiger charge is 2.24. The highest BCUT2D eigenvalue weighted by molar-refractivity contribution is 5.92. The monoisotopic (exact) mass is 296 g/mol. The molecule has 0 spiro atoms. The third-order valence-electron chi connectivity index (χ3n) is 2.98. The fourth-order valence-electron chi connectivity index (χ4n) is 1.88. The van der Waals surface area contributed by atoms with E-state index in [2.05, 4.69) is 10.1 Å². The molecule has 1 amide bonds. The van der Waals surface area contributed by atoms with Crippen molar-refractivity contribution in [2.24, 2.45) is 0 Å². The van der Waals surface area contributed by atoms with Crippen LogP contribution in [0.4, 0.5) is 5.69 Å². The molecule has 0 aliphatic heterocycles. The molecule has 0 saturated carbocycles. The van der Waals surface area contributed by atoms with Gasteiger partial charge in [-0.25, -0.2) is 4.79 Å². The normalized spacial score (nSPS) is 13.3. The van der Waals surface area contributed by atoms with Crippen LogP contribution in [0.3, 0.4) is 0 Å². The number of ether oxygens (including phenoxy) is 1. The van der Waals surface area contributed by atoms with E-state index in [-0.39, 0.29) is 30.0 Å². The van der Waals surface area contributed by atoms with Crippen LogP contribution in [-0.4, -0.2) is 41.8 Å². The molecule has 5 N–H and O–H groups in total. The lowest BCUT2D eigenvalue weighted by atomic mass is 9.96. The summed E-state index contributed by atoms with van der Waals surface area (Å²) in [5.74, 6) is -0.871. The van der Waals surface area contributed by atoms with E-state index in [1.807, 2.05) is 0 Å². The number of amides is 1. The second-order valence-electron chi connectivity index (χ2n) is 4.62. The third-order valence-corrected chi connectivity index (χ3v) is 2.98. The van der Waals surface area contributed by atoms with Crippen LogP contribution in [-0.2, 0) is 9.53 Å². The Balaban J connectivity index is 2.88. The number of rotatable bonds is 6. The van der Waals surface area contributed by atoms with Gasteiger partial charge < -0.3 is 26.0 Å². The Labute approximate surface area is 122 Å². The molecule has 1 aromatic rings. The van der Waals surface area contributed by atoms with Crippen molar-refractivity contribution in [1.29, 1.82) is 0 Å². The maximum atomic E-state index is 11.7. The van der Waals surface area contributed by atoms with Gasteiger partial charge in [0.25, 0.3) is 0 Å². The molecule has 2 atom stereocenters. The molecule has 0 saturated heterocycles. The lowest BCUT2D eigenvalue weighted by Crippen LogP contribution is -2.28. The van der Waals surface area contributed by atoms with Crippen LogP contribution in [0.15, 0.2) is 18.2 Å². The standard InChI is InChI=1S/C14H20N2O5/c1-8(17)16-6-5-12(18)13(19)10-4-3-9(15)7-11(10)14(20)21-2/h3-4,7,12-13,18-19H,5-6,15H2,1-2H3,(H,16,17). The first kappa shape index (κ1) is 16.9. The SMILES string of the molecule is COC(=O)c1cc(N)ccc1C(O)C(O)CCNC(C)=O. The van der Waals surface area contributed by atoms with Gasteiger partial charge in [-0.1, -0.05) is 6.07 Å². The Morgan fingerprint density at radius 1 is 1.38 bits per heavy atom. The largest absolute Gasteiger partial charge is 0.465 e. The summed E-state index contributed by atoms with van der Waals surface area (Å²) in [6.45, 7) is 1.58. The molecular weight excluding hydrogens is 276 g/mol. The van der Waals surface area contributed by atoms with Crippen molar-refractivity contribution in [1.82, 2.24) is 5.32 Å². The van der Waals surface area contributed by atoms with E-state index in [4.69, 9.17) is 5.73 Å². The summed E-state index contributed by atoms with van der Waals surface area (Å²) in [4.78, 5) is 22.4. The smallest absolute Gasteiger partial charge is 0.338 e. The first-order valence-corrected chi connectivity index (χ1v) is 6.45. The zero-order valence-electron chi connectivity index (χ0n) is 12.0. The Kier molecular flexibility index (Phi) is 6.13. The van der Waals surface area contributed by atoms with Crippen molar-refractivity contribution in [3.05, 3.63) is 29.3 Å². The number of nitrogens with one attached hydrogen (secondary N) is 1. The molecule has 0 bridgehead atoms. The zero-order chi connectivity index (χ0) is 16.0. The van der Waals surface area contributed by atoms with Crippen LogP contribution in [0, 0.1) is 0 Å². The van der Waals surface area contributed by atoms with Crippen molar-refractivity contribution in [2.45, 2.75) is 25.6 Å². The maximum Gasteiger partial charge on any atom is 0.338 e. The van der Waals surface area contributed by atoms with Gasteiger partial charge in [-0.2, -0.15) is 0 Å². The van der Waals surface area contributed by atoms with Crippen LogP contribution < -0.4 is 11.1 Å². The molecule has 2 unspecified atom stereocenters. The number of carbonyl (C=O) groups excluding carboxylic acids is 2. The maximum absolute atomic E-state index is 11.7. The van der Waals surface area contributed by atoms with Crippen LogP contribution >= 0.6 is 0 Å². The van der Waals surface area contributed by atoms with E-state index in [0.29, 0.717) is 5.69 Å². The first-order valence-electron chi connectivity index (χ1n) is 6.45. The third kappa shape index (κ3) is 4.73. The molecule has 1 aromatic carbocycles. The Hall–Kier alpha value is -2.12. The minimum Gasteiger partial charge on any atom is -0.465 e. The van der Waals surface area contributed by atoms with Crippen molar-refractivity contribution in [3.8, 4) is 0 Å². The van der Waals surface area contributed by atoms with Gasteiger partial charge in [0.15, 0.2) is 0 Å². The van der Waals surface area contributed by atoms with Crippen molar-refractivity contribution in [2.75, 3.05) is 19.4 Å². The van der Waals surface area contributed by atoms with E-state index < -0.39 is 18.2 Å². The Bertz CT molecular complexity index is 518. The molecule has 0 heterocycles. The number of aliphatic hydroxyl groups is 2. The van der Waals surface area contributed by atoms with Gasteiger partial charge in [-0.15, -0.1) is 0 Å². The molecule has 0 aromatic heterocycles. The number of methoxy groups -OCH3 is 1. The summed E-state index contributed by atoms with van der Waals surface area (Å²) in [6, 6.07) is 4.37. The average Bonchev–Trinajstić information content (AvgIpc) is 2.45. The highest BCUT2D eigenvalue weighted by Crippen LogP contribution is 2.25. The quantitative estimate of drug-likeness (QED) is 0.432. The van der Waals surface area contributed by atoms with Gasteiger partial charge in [0.2, 0.25) is 5.91 Å². The predicted molar refractivity (Wildman–Crippen MR) is 76.5 cm³/mol. The van der Waals surface area contributed by atoms with Crippen LogP contribution in [0.5, 0.6) is 0 Å². The Morgan fingerprint density at radius 3 is 2.62 bits per heavy atom. The number of esters is 1. The predicted octanol–water partition coefficient (Wildman–Crippen LogP) is -0.0241. The molecule has 116 valence electrons. The topological polar surface area (TPSA) is 122 Å². The first-order chi connectivity index (χ1) is 9.86. The van der Waals surface area contributed by atoms with E-state index in [9.17, 15) is 19.8 Å². The number of nitrogen functional groups attached to an aromatic ring is 1. The number of nitrogens with two attached hydrogens (primary N) is 1. The minimum atomic E-state index is -1.28. The average molecular weight is 296 g/mol. The second-order valence-corrected chi connectivity index (χ2v) is 4.62. The molecule has 21 heavy (non-hydrogen) atoms. The summed E-state index contributed by atoms with van der Waals surface area (Å²) in [6.07, 6.45) is -2.27. The van der Waals surface area contributed by atoms with Crippen molar-refractivity contribution in [3.63, 3.8) is 0 Å². The van der Waals surface area contributed by atoms with Crippen LogP contribution in [0.1, 0.15) is 35.4 Å². The molecule has 7 nitrogen and oxygen atoms in total. The van der Waals surface area contributed by atoms with E-state index in [0.717, 1.165) is 0 Å². The van der Waals surface area contributed by atoms with Gasteiger partial charge in [0, 0.05) is 19.2 Å². The van der Waals surface area contributed by atoms with E-state index >= 15 is 0 Å². The van der Waals surface area contributed by atoms with E-state index in [1.54, 1.807) is 0 Å². The van der Waals surface area contributed by atoms with Crippen LogP contribution in [0.25, 0.3) is 0 Å². The molecule has 1 rings (SSSR count). The lowest BCUT2D eigenvalue weighted by molar-refractivity contribution is -0.119. The number of anilines is 1. The highest BCUT2D eigenvalue weighted by atomic mass is 16.5. The van der Waals surface area contributed by atoms with Gasteiger partial charge >= 0.3 is 5.97 Å². The lowest BCUT2D eigenvalue weighted by Gasteiger charge is -2.20. The number of benzene rings is 1. The number of hydrogen-bond acceptors (Lipinski definition) is 6. The minimum absolute atomic E-state index is 0.101. The molecule has 0 aliphatic rings. The summed E-state index contributed by atoms with van der Waals surface area (Å²) < 4.78 is 4.63. The number of hydrogen-bond donors (Lipinski definition) is 4. The second kappa shape index (κ2) is 7.61. The van der Waals surface area contributed by atoms with Crippen molar-refractivity contribution >= 4 is 17.6 Å². The molecule has 7 heteroatoms. The van der Waals surface area contributed by atoms with Gasteiger partial charge in [-0.3, -0.25) is 4.79 Å². The number of aliphatic hydroxyl groups excluding tert-OH is 2. The molecule has 0 aliphatic carbocycles. The van der Waals surface area contributed by atoms with Gasteiger partial charge in [0.1, 0.15) is 6.10 Å².